The lowest BCUT2D eigenvalue weighted by Gasteiger charge is -2.06. The number of aromatic nitrogens is 1. The van der Waals surface area contributed by atoms with Crippen LogP contribution in [0.2, 0.25) is 5.15 Å². The maximum atomic E-state index is 12.2. The first kappa shape index (κ1) is 10.9. The van der Waals surface area contributed by atoms with E-state index in [2.05, 4.69) is 4.98 Å². The van der Waals surface area contributed by atoms with E-state index in [0.717, 1.165) is 0 Å². The molecule has 0 aliphatic carbocycles. The van der Waals surface area contributed by atoms with E-state index < -0.39 is 6.43 Å². The van der Waals surface area contributed by atoms with Gasteiger partial charge in [-0.1, -0.05) is 11.6 Å². The third-order valence-corrected chi connectivity index (χ3v) is 2.39. The maximum absolute atomic E-state index is 12.2. The van der Waals surface area contributed by atoms with Crippen molar-refractivity contribution in [2.24, 2.45) is 0 Å². The zero-order valence-corrected chi connectivity index (χ0v) is 9.44. The Morgan fingerprint density at radius 2 is 2.23 bits per heavy atom. The van der Waals surface area contributed by atoms with Crippen LogP contribution in [-0.4, -0.2) is 12.1 Å². The van der Waals surface area contributed by atoms with Gasteiger partial charge in [-0.2, -0.15) is 0 Å². The average Bonchev–Trinajstić information content (AvgIpc) is 2.03. The normalized spacial score (nSPS) is 10.6. The number of rotatable bonds is 2. The molecule has 0 aliphatic rings. The Morgan fingerprint density at radius 3 is 2.62 bits per heavy atom. The summed E-state index contributed by atoms with van der Waals surface area (Å²) >= 11 is 7.47. The molecule has 1 aromatic heterocycles. The first-order valence-corrected chi connectivity index (χ1v) is 4.70. The smallest absolute Gasteiger partial charge is 0.280 e. The summed E-state index contributed by atoms with van der Waals surface area (Å²) in [5.41, 5.74) is -0.338. The van der Waals surface area contributed by atoms with Crippen LogP contribution in [-0.2, 0) is 0 Å². The average molecular weight is 319 g/mol. The van der Waals surface area contributed by atoms with Crippen LogP contribution in [0.15, 0.2) is 6.07 Å². The minimum Gasteiger partial charge on any atom is -0.492 e. The molecule has 1 rings (SSSR count). The highest BCUT2D eigenvalue weighted by Gasteiger charge is 2.15. The van der Waals surface area contributed by atoms with Gasteiger partial charge in [-0.05, 0) is 28.7 Å². The van der Waals surface area contributed by atoms with E-state index in [4.69, 9.17) is 16.3 Å². The van der Waals surface area contributed by atoms with Crippen molar-refractivity contribution >= 4 is 34.2 Å². The second kappa shape index (κ2) is 4.36. The molecule has 0 atom stereocenters. The first-order chi connectivity index (χ1) is 6.06. The molecule has 0 amide bonds. The van der Waals surface area contributed by atoms with Crippen LogP contribution in [0.5, 0.6) is 5.75 Å². The predicted molar refractivity (Wildman–Crippen MR) is 53.5 cm³/mol. The van der Waals surface area contributed by atoms with Crippen molar-refractivity contribution in [1.82, 2.24) is 4.98 Å². The topological polar surface area (TPSA) is 22.1 Å². The lowest BCUT2D eigenvalue weighted by molar-refractivity contribution is 0.146. The number of methoxy groups -OCH3 is 1. The molecule has 72 valence electrons. The minimum absolute atomic E-state index is 0.0373. The summed E-state index contributed by atoms with van der Waals surface area (Å²) in [7, 11) is 1.41. The molecular weight excluding hydrogens is 314 g/mol. The Morgan fingerprint density at radius 1 is 1.62 bits per heavy atom. The molecule has 13 heavy (non-hydrogen) atoms. The number of ether oxygens (including phenoxy) is 1. The van der Waals surface area contributed by atoms with Crippen molar-refractivity contribution in [1.29, 1.82) is 0 Å². The predicted octanol–water partition coefficient (Wildman–Crippen LogP) is 3.29. The fourth-order valence-corrected chi connectivity index (χ4v) is 2.01. The summed E-state index contributed by atoms with van der Waals surface area (Å²) in [6.07, 6.45) is -2.61. The standard InChI is InChI=1S/C7H5ClF2INO/c1-13-5-3(11)2-4(7(9)10)12-6(5)8/h2,7H,1H3. The summed E-state index contributed by atoms with van der Waals surface area (Å²) < 4.78 is 29.8. The van der Waals surface area contributed by atoms with Crippen LogP contribution >= 0.6 is 34.2 Å². The molecule has 0 aromatic carbocycles. The lowest BCUT2D eigenvalue weighted by atomic mass is 10.3. The molecule has 2 nitrogen and oxygen atoms in total. The molecule has 0 fully saturated rings. The largest absolute Gasteiger partial charge is 0.492 e. The van der Waals surface area contributed by atoms with Crippen molar-refractivity contribution in [3.05, 3.63) is 20.5 Å². The van der Waals surface area contributed by atoms with E-state index >= 15 is 0 Å². The monoisotopic (exact) mass is 319 g/mol. The third kappa shape index (κ3) is 2.40. The Bertz CT molecular complexity index is 298. The molecule has 0 unspecified atom stereocenters. The number of alkyl halides is 2. The highest BCUT2D eigenvalue weighted by molar-refractivity contribution is 14.1. The molecule has 1 heterocycles. The lowest BCUT2D eigenvalue weighted by Crippen LogP contribution is -1.96. The zero-order valence-electron chi connectivity index (χ0n) is 6.52. The van der Waals surface area contributed by atoms with Crippen LogP contribution in [0.4, 0.5) is 8.78 Å². The molecule has 0 radical (unpaired) electrons. The molecule has 0 N–H and O–H groups in total. The molecular formula is C7H5ClF2INO. The minimum atomic E-state index is -2.61. The van der Waals surface area contributed by atoms with Gasteiger partial charge in [0.2, 0.25) is 0 Å². The van der Waals surface area contributed by atoms with Crippen LogP contribution < -0.4 is 4.74 Å². The maximum Gasteiger partial charge on any atom is 0.280 e. The van der Waals surface area contributed by atoms with Gasteiger partial charge in [-0.25, -0.2) is 13.8 Å². The summed E-state index contributed by atoms with van der Waals surface area (Å²) in [6, 6.07) is 1.25. The van der Waals surface area contributed by atoms with E-state index in [9.17, 15) is 8.78 Å². The van der Waals surface area contributed by atoms with Crippen LogP contribution in [0.3, 0.4) is 0 Å². The summed E-state index contributed by atoms with van der Waals surface area (Å²) in [6.45, 7) is 0. The molecule has 6 heteroatoms. The van der Waals surface area contributed by atoms with Gasteiger partial charge in [0.15, 0.2) is 10.9 Å². The fourth-order valence-electron chi connectivity index (χ4n) is 0.784. The van der Waals surface area contributed by atoms with Crippen LogP contribution in [0, 0.1) is 3.57 Å². The molecule has 0 bridgehead atoms. The molecule has 0 saturated heterocycles. The van der Waals surface area contributed by atoms with Crippen molar-refractivity contribution in [2.45, 2.75) is 6.43 Å². The number of hydrogen-bond donors (Lipinski definition) is 0. The summed E-state index contributed by atoms with van der Waals surface area (Å²) in [5, 5.41) is -0.0373. The Labute approximate surface area is 92.4 Å². The zero-order chi connectivity index (χ0) is 10.0. The number of hydrogen-bond acceptors (Lipinski definition) is 2. The van der Waals surface area contributed by atoms with Crippen molar-refractivity contribution in [3.8, 4) is 5.75 Å². The van der Waals surface area contributed by atoms with Gasteiger partial charge >= 0.3 is 0 Å². The number of halogens is 4. The van der Waals surface area contributed by atoms with Crippen molar-refractivity contribution < 1.29 is 13.5 Å². The van der Waals surface area contributed by atoms with Gasteiger partial charge in [-0.3, -0.25) is 0 Å². The Kier molecular flexibility index (Phi) is 3.66. The van der Waals surface area contributed by atoms with Crippen molar-refractivity contribution in [3.63, 3.8) is 0 Å². The van der Waals surface area contributed by atoms with Gasteiger partial charge < -0.3 is 4.74 Å². The second-order valence-corrected chi connectivity index (χ2v) is 3.67. The Hall–Kier alpha value is -0.170. The van der Waals surface area contributed by atoms with Gasteiger partial charge in [-0.15, -0.1) is 0 Å². The highest BCUT2D eigenvalue weighted by Crippen LogP contribution is 2.31. The van der Waals surface area contributed by atoms with Crippen LogP contribution in [0.1, 0.15) is 12.1 Å². The quantitative estimate of drug-likeness (QED) is 0.616. The van der Waals surface area contributed by atoms with E-state index in [-0.39, 0.29) is 10.8 Å². The summed E-state index contributed by atoms with van der Waals surface area (Å²) in [5.74, 6) is 0.326. The van der Waals surface area contributed by atoms with Crippen molar-refractivity contribution in [2.75, 3.05) is 7.11 Å². The molecule has 0 saturated carbocycles. The Balaban J connectivity index is 3.20. The molecule has 0 spiro atoms. The van der Waals surface area contributed by atoms with E-state index in [1.165, 1.54) is 13.2 Å². The molecule has 1 aromatic rings. The first-order valence-electron chi connectivity index (χ1n) is 3.24. The highest BCUT2D eigenvalue weighted by atomic mass is 127. The van der Waals surface area contributed by atoms with Gasteiger partial charge in [0.1, 0.15) is 5.69 Å². The third-order valence-electron chi connectivity index (χ3n) is 1.33. The van der Waals surface area contributed by atoms with Gasteiger partial charge in [0, 0.05) is 0 Å². The fraction of sp³-hybridized carbons (Fsp3) is 0.286. The second-order valence-electron chi connectivity index (χ2n) is 2.15. The van der Waals surface area contributed by atoms with E-state index in [1.54, 1.807) is 0 Å². The number of nitrogens with zero attached hydrogens (tertiary/aromatic N) is 1. The van der Waals surface area contributed by atoms with Crippen LogP contribution in [0.25, 0.3) is 0 Å². The molecule has 0 aliphatic heterocycles. The number of pyridine rings is 1. The SMILES string of the molecule is COc1c(I)cc(C(F)F)nc1Cl. The van der Waals surface area contributed by atoms with E-state index in [1.807, 2.05) is 22.6 Å². The summed E-state index contributed by atoms with van der Waals surface area (Å²) in [4.78, 5) is 3.49. The van der Waals surface area contributed by atoms with Gasteiger partial charge in [0.25, 0.3) is 6.43 Å². The van der Waals surface area contributed by atoms with Gasteiger partial charge in [0.05, 0.1) is 10.7 Å². The van der Waals surface area contributed by atoms with E-state index in [0.29, 0.717) is 9.32 Å².